The number of fused-ring (bicyclic) bond motifs is 1. The minimum atomic E-state index is 0.521. The van der Waals surface area contributed by atoms with Gasteiger partial charge in [0.05, 0.1) is 16.8 Å². The number of rotatable bonds is 1. The summed E-state index contributed by atoms with van der Waals surface area (Å²) in [6.07, 6.45) is 1.71. The van der Waals surface area contributed by atoms with Crippen molar-refractivity contribution in [2.75, 3.05) is 0 Å². The van der Waals surface area contributed by atoms with Crippen LogP contribution in [0.2, 0.25) is 0 Å². The molecule has 0 atom stereocenters. The minimum absolute atomic E-state index is 0.521. The lowest BCUT2D eigenvalue weighted by Crippen LogP contribution is -2.00. The van der Waals surface area contributed by atoms with Gasteiger partial charge in [0.2, 0.25) is 0 Å². The van der Waals surface area contributed by atoms with Crippen molar-refractivity contribution in [2.45, 2.75) is 6.92 Å². The first-order valence-corrected chi connectivity index (χ1v) is 7.08. The average molecular weight is 345 g/mol. The van der Waals surface area contributed by atoms with E-state index in [1.165, 1.54) is 0 Å². The summed E-state index contributed by atoms with van der Waals surface area (Å²) < 4.78 is 3.19. The zero-order valence-electron chi connectivity index (χ0n) is 10.5. The van der Waals surface area contributed by atoms with Crippen molar-refractivity contribution in [3.63, 3.8) is 0 Å². The van der Waals surface area contributed by atoms with E-state index in [0.29, 0.717) is 16.0 Å². The molecule has 4 nitrogen and oxygen atoms in total. The Hall–Kier alpha value is -1.97. The maximum absolute atomic E-state index is 9.37. The first-order chi connectivity index (χ1) is 9.61. The Morgan fingerprint density at radius 2 is 2.25 bits per heavy atom. The molecule has 0 fully saturated rings. The van der Waals surface area contributed by atoms with Crippen LogP contribution in [0.1, 0.15) is 11.1 Å². The quantitative estimate of drug-likeness (QED) is 0.678. The lowest BCUT2D eigenvalue weighted by Gasteiger charge is -2.08. The first kappa shape index (κ1) is 13.0. The zero-order chi connectivity index (χ0) is 14.3. The average Bonchev–Trinajstić information content (AvgIpc) is 2.73. The van der Waals surface area contributed by atoms with Gasteiger partial charge in [-0.25, -0.2) is 4.98 Å². The number of aromatic amines is 1. The Kier molecular flexibility index (Phi) is 3.16. The van der Waals surface area contributed by atoms with E-state index in [2.05, 4.69) is 32.0 Å². The van der Waals surface area contributed by atoms with E-state index >= 15 is 0 Å². The molecule has 1 aromatic carbocycles. The molecule has 6 heteroatoms. The van der Waals surface area contributed by atoms with Gasteiger partial charge in [0, 0.05) is 10.7 Å². The van der Waals surface area contributed by atoms with Crippen molar-refractivity contribution in [3.05, 3.63) is 50.8 Å². The van der Waals surface area contributed by atoms with Gasteiger partial charge in [0.25, 0.3) is 0 Å². The van der Waals surface area contributed by atoms with Gasteiger partial charge >= 0.3 is 0 Å². The number of benzene rings is 1. The fourth-order valence-corrected chi connectivity index (χ4v) is 2.80. The third kappa shape index (κ3) is 1.96. The molecule has 0 saturated heterocycles. The SMILES string of the molecule is Cc1cccc(-n2c(=S)[nH]c3cc(Br)cnc32)c1C#N. The molecule has 0 saturated carbocycles. The number of aromatic nitrogens is 3. The number of aryl methyl sites for hydroxylation is 1. The molecule has 98 valence electrons. The van der Waals surface area contributed by atoms with Crippen molar-refractivity contribution in [1.29, 1.82) is 5.26 Å². The topological polar surface area (TPSA) is 57.4 Å². The molecule has 2 heterocycles. The molecule has 0 unspecified atom stereocenters. The van der Waals surface area contributed by atoms with Gasteiger partial charge in [0.1, 0.15) is 6.07 Å². The number of nitrogens with one attached hydrogen (secondary N) is 1. The van der Waals surface area contributed by atoms with Crippen LogP contribution >= 0.6 is 28.1 Å². The Morgan fingerprint density at radius 1 is 1.45 bits per heavy atom. The molecule has 3 aromatic rings. The molecule has 20 heavy (non-hydrogen) atoms. The van der Waals surface area contributed by atoms with E-state index in [4.69, 9.17) is 12.2 Å². The van der Waals surface area contributed by atoms with E-state index in [9.17, 15) is 5.26 Å². The van der Waals surface area contributed by atoms with Crippen LogP contribution in [0, 0.1) is 23.0 Å². The van der Waals surface area contributed by atoms with E-state index in [1.807, 2.05) is 31.2 Å². The molecule has 0 spiro atoms. The predicted octanol–water partition coefficient (Wildman–Crippen LogP) is 4.03. The molecule has 2 aromatic heterocycles. The van der Waals surface area contributed by atoms with Gasteiger partial charge in [0.15, 0.2) is 10.4 Å². The van der Waals surface area contributed by atoms with Crippen molar-refractivity contribution in [2.24, 2.45) is 0 Å². The lowest BCUT2D eigenvalue weighted by molar-refractivity contribution is 1.03. The minimum Gasteiger partial charge on any atom is -0.329 e. The summed E-state index contributed by atoms with van der Waals surface area (Å²) in [4.78, 5) is 7.50. The maximum atomic E-state index is 9.37. The normalized spacial score (nSPS) is 10.7. The van der Waals surface area contributed by atoms with Crippen molar-refractivity contribution in [1.82, 2.24) is 14.5 Å². The summed E-state index contributed by atoms with van der Waals surface area (Å²) in [6, 6.07) is 9.84. The molecular weight excluding hydrogens is 336 g/mol. The Labute approximate surface area is 128 Å². The van der Waals surface area contributed by atoms with Crippen LogP contribution in [0.3, 0.4) is 0 Å². The largest absolute Gasteiger partial charge is 0.329 e. The van der Waals surface area contributed by atoms with Crippen molar-refractivity contribution >= 4 is 39.3 Å². The second kappa shape index (κ2) is 4.85. The van der Waals surface area contributed by atoms with Gasteiger partial charge in [-0.05, 0) is 52.8 Å². The van der Waals surface area contributed by atoms with Crippen LogP contribution in [0.25, 0.3) is 16.9 Å². The number of hydrogen-bond acceptors (Lipinski definition) is 3. The summed E-state index contributed by atoms with van der Waals surface area (Å²) >= 11 is 8.76. The van der Waals surface area contributed by atoms with Gasteiger partial charge < -0.3 is 4.98 Å². The predicted molar refractivity (Wildman–Crippen MR) is 83.4 cm³/mol. The van der Waals surface area contributed by atoms with Crippen molar-refractivity contribution in [3.8, 4) is 11.8 Å². The Balaban J connectivity index is 2.42. The van der Waals surface area contributed by atoms with E-state index in [1.54, 1.807) is 10.8 Å². The summed E-state index contributed by atoms with van der Waals surface area (Å²) in [6.45, 7) is 1.91. The Bertz CT molecular complexity index is 917. The molecule has 0 aliphatic rings. The van der Waals surface area contributed by atoms with Crippen LogP contribution in [-0.4, -0.2) is 14.5 Å². The van der Waals surface area contributed by atoms with Crippen LogP contribution in [0.4, 0.5) is 0 Å². The van der Waals surface area contributed by atoms with E-state index in [-0.39, 0.29) is 0 Å². The molecule has 0 aliphatic heterocycles. The highest BCUT2D eigenvalue weighted by atomic mass is 79.9. The molecular formula is C14H9BrN4S. The van der Waals surface area contributed by atoms with Gasteiger partial charge in [-0.1, -0.05) is 12.1 Å². The van der Waals surface area contributed by atoms with Crippen LogP contribution in [0.15, 0.2) is 34.9 Å². The number of imidazole rings is 1. The fourth-order valence-electron chi connectivity index (χ4n) is 2.18. The summed E-state index contributed by atoms with van der Waals surface area (Å²) in [5, 5.41) is 9.37. The molecule has 0 bridgehead atoms. The third-order valence-electron chi connectivity index (χ3n) is 3.09. The first-order valence-electron chi connectivity index (χ1n) is 5.88. The summed E-state index contributed by atoms with van der Waals surface area (Å²) in [7, 11) is 0. The molecule has 3 rings (SSSR count). The molecule has 0 aliphatic carbocycles. The van der Waals surface area contributed by atoms with Crippen LogP contribution < -0.4 is 0 Å². The number of nitriles is 1. The van der Waals surface area contributed by atoms with Gasteiger partial charge in [-0.2, -0.15) is 5.26 Å². The smallest absolute Gasteiger partial charge is 0.184 e. The molecule has 0 radical (unpaired) electrons. The summed E-state index contributed by atoms with van der Waals surface area (Å²) in [5.41, 5.74) is 3.81. The van der Waals surface area contributed by atoms with E-state index < -0.39 is 0 Å². The highest BCUT2D eigenvalue weighted by Gasteiger charge is 2.13. The second-order valence-electron chi connectivity index (χ2n) is 4.37. The number of halogens is 1. The maximum Gasteiger partial charge on any atom is 0.184 e. The number of H-pyrrole nitrogens is 1. The zero-order valence-corrected chi connectivity index (χ0v) is 12.9. The lowest BCUT2D eigenvalue weighted by atomic mass is 10.1. The Morgan fingerprint density at radius 3 is 3.00 bits per heavy atom. The fraction of sp³-hybridized carbons (Fsp3) is 0.0714. The third-order valence-corrected chi connectivity index (χ3v) is 3.81. The molecule has 0 amide bonds. The standard InChI is InChI=1S/C14H9BrN4S/c1-8-3-2-4-12(10(8)6-16)19-13-11(18-14(19)20)5-9(15)7-17-13/h2-5,7H,1H3,(H,18,20). The second-order valence-corrected chi connectivity index (χ2v) is 5.67. The van der Waals surface area contributed by atoms with Gasteiger partial charge in [-0.3, -0.25) is 4.57 Å². The van der Waals surface area contributed by atoms with Crippen LogP contribution in [-0.2, 0) is 0 Å². The highest BCUT2D eigenvalue weighted by Crippen LogP contribution is 2.24. The number of pyridine rings is 1. The van der Waals surface area contributed by atoms with Crippen LogP contribution in [0.5, 0.6) is 0 Å². The number of nitrogens with zero attached hydrogens (tertiary/aromatic N) is 3. The monoisotopic (exact) mass is 344 g/mol. The summed E-state index contributed by atoms with van der Waals surface area (Å²) in [5.74, 6) is 0. The number of hydrogen-bond donors (Lipinski definition) is 1. The molecule has 1 N–H and O–H groups in total. The van der Waals surface area contributed by atoms with E-state index in [0.717, 1.165) is 21.2 Å². The highest BCUT2D eigenvalue weighted by molar-refractivity contribution is 9.10. The van der Waals surface area contributed by atoms with Gasteiger partial charge in [-0.15, -0.1) is 0 Å². The van der Waals surface area contributed by atoms with Crippen molar-refractivity contribution < 1.29 is 0 Å².